The Hall–Kier alpha value is -4.18. The summed E-state index contributed by atoms with van der Waals surface area (Å²) < 4.78 is 43.9. The maximum absolute atomic E-state index is 13.8. The fourth-order valence-corrected chi connectivity index (χ4v) is 3.98. The molecule has 0 atom stereocenters. The first kappa shape index (κ1) is 23.6. The molecule has 8 nitrogen and oxygen atoms in total. The first-order chi connectivity index (χ1) is 17.5. The molecule has 0 bridgehead atoms. The molecule has 0 spiro atoms. The highest BCUT2D eigenvalue weighted by molar-refractivity contribution is 5.46. The highest BCUT2D eigenvalue weighted by Gasteiger charge is 2.18. The number of nitrogens with zero attached hydrogens (tertiary/aromatic N) is 4. The molecule has 3 aromatic carbocycles. The van der Waals surface area contributed by atoms with E-state index in [4.69, 9.17) is 13.9 Å². The summed E-state index contributed by atoms with van der Waals surface area (Å²) in [6.07, 6.45) is -0.466. The average Bonchev–Trinajstić information content (AvgIpc) is 3.27. The minimum atomic E-state index is -0.941. The monoisotopic (exact) mass is 494 g/mol. The normalized spacial score (nSPS) is 14.1. The zero-order valence-corrected chi connectivity index (χ0v) is 19.3. The molecule has 5 rings (SSSR count). The highest BCUT2D eigenvalue weighted by atomic mass is 19.1. The van der Waals surface area contributed by atoms with Gasteiger partial charge in [-0.2, -0.15) is 4.68 Å². The Bertz CT molecular complexity index is 1370. The fraction of sp³-hybridized carbons (Fsp3) is 0.231. The minimum Gasteiger partial charge on any atom is -0.492 e. The van der Waals surface area contributed by atoms with E-state index in [-0.39, 0.29) is 5.75 Å². The summed E-state index contributed by atoms with van der Waals surface area (Å²) in [5, 5.41) is 3.95. The molecule has 0 saturated carbocycles. The van der Waals surface area contributed by atoms with Crippen LogP contribution in [0.25, 0.3) is 5.69 Å². The van der Waals surface area contributed by atoms with Gasteiger partial charge in [0.1, 0.15) is 18.2 Å². The van der Waals surface area contributed by atoms with Crippen molar-refractivity contribution in [3.8, 4) is 23.3 Å². The summed E-state index contributed by atoms with van der Waals surface area (Å²) in [6.45, 7) is 5.08. The van der Waals surface area contributed by atoms with Gasteiger partial charge in [0.15, 0.2) is 11.6 Å². The Kier molecular flexibility index (Phi) is 6.94. The van der Waals surface area contributed by atoms with Crippen LogP contribution in [0.15, 0.2) is 82.0 Å². The lowest BCUT2D eigenvalue weighted by Crippen LogP contribution is -2.47. The van der Waals surface area contributed by atoms with Crippen molar-refractivity contribution in [2.24, 2.45) is 0 Å². The second-order valence-electron chi connectivity index (χ2n) is 8.23. The Balaban J connectivity index is 1.16. The van der Waals surface area contributed by atoms with Crippen LogP contribution in [-0.4, -0.2) is 54.0 Å². The van der Waals surface area contributed by atoms with Crippen molar-refractivity contribution in [1.82, 2.24) is 14.7 Å². The van der Waals surface area contributed by atoms with Crippen molar-refractivity contribution in [2.75, 3.05) is 44.2 Å². The van der Waals surface area contributed by atoms with Gasteiger partial charge < -0.3 is 18.8 Å². The molecule has 10 heteroatoms. The second kappa shape index (κ2) is 10.6. The van der Waals surface area contributed by atoms with Crippen LogP contribution in [0.1, 0.15) is 0 Å². The van der Waals surface area contributed by atoms with E-state index in [1.165, 1.54) is 5.69 Å². The van der Waals surface area contributed by atoms with Crippen LogP contribution in [0, 0.1) is 11.6 Å². The molecule has 36 heavy (non-hydrogen) atoms. The van der Waals surface area contributed by atoms with Gasteiger partial charge in [0.25, 0.3) is 0 Å². The molecule has 4 aromatic rings. The molecule has 1 aromatic heterocycles. The average molecular weight is 494 g/mol. The Morgan fingerprint density at radius 1 is 0.889 bits per heavy atom. The molecule has 1 saturated heterocycles. The van der Waals surface area contributed by atoms with Gasteiger partial charge >= 0.3 is 11.8 Å². The fourth-order valence-electron chi connectivity index (χ4n) is 3.98. The van der Waals surface area contributed by atoms with Crippen LogP contribution in [0.2, 0.25) is 0 Å². The van der Waals surface area contributed by atoms with E-state index in [1.54, 1.807) is 24.3 Å². The SMILES string of the molecule is O=c1oc(Oc2ccc(F)cc2F)nn1-c1cccc(OCCN2CCN(c3ccccc3)CC2)c1. The van der Waals surface area contributed by atoms with E-state index in [9.17, 15) is 13.6 Å². The molecule has 2 heterocycles. The summed E-state index contributed by atoms with van der Waals surface area (Å²) in [5.41, 5.74) is 1.64. The third-order valence-electron chi connectivity index (χ3n) is 5.85. The smallest absolute Gasteiger partial charge is 0.444 e. The molecule has 0 amide bonds. The number of piperazine rings is 1. The number of para-hydroxylation sites is 1. The van der Waals surface area contributed by atoms with Gasteiger partial charge in [-0.15, -0.1) is 0 Å². The largest absolute Gasteiger partial charge is 0.492 e. The van der Waals surface area contributed by atoms with Crippen LogP contribution < -0.4 is 20.1 Å². The zero-order chi connectivity index (χ0) is 24.9. The molecule has 1 aliphatic rings. The van der Waals surface area contributed by atoms with Gasteiger partial charge in [-0.1, -0.05) is 29.4 Å². The zero-order valence-electron chi connectivity index (χ0n) is 19.3. The van der Waals surface area contributed by atoms with E-state index < -0.39 is 23.5 Å². The van der Waals surface area contributed by atoms with Crippen molar-refractivity contribution in [1.29, 1.82) is 0 Å². The van der Waals surface area contributed by atoms with Crippen LogP contribution in [0.4, 0.5) is 14.5 Å². The van der Waals surface area contributed by atoms with Crippen LogP contribution >= 0.6 is 0 Å². The number of hydrogen-bond donors (Lipinski definition) is 0. The summed E-state index contributed by atoms with van der Waals surface area (Å²) in [6, 6.07) is 20.0. The van der Waals surface area contributed by atoms with Gasteiger partial charge in [0.2, 0.25) is 0 Å². The maximum Gasteiger partial charge on any atom is 0.444 e. The quantitative estimate of drug-likeness (QED) is 0.365. The molecule has 0 aliphatic carbocycles. The van der Waals surface area contributed by atoms with Gasteiger partial charge in [-0.25, -0.2) is 13.6 Å². The number of rotatable bonds is 8. The predicted octanol–water partition coefficient (Wildman–Crippen LogP) is 4.10. The number of aromatic nitrogens is 2. The second-order valence-corrected chi connectivity index (χ2v) is 8.23. The Morgan fingerprint density at radius 2 is 1.67 bits per heavy atom. The molecule has 0 N–H and O–H groups in total. The van der Waals surface area contributed by atoms with E-state index in [0.29, 0.717) is 24.1 Å². The van der Waals surface area contributed by atoms with E-state index in [2.05, 4.69) is 39.2 Å². The molecular formula is C26H24F2N4O4. The van der Waals surface area contributed by atoms with E-state index >= 15 is 0 Å². The Labute approximate surface area is 205 Å². The van der Waals surface area contributed by atoms with Crippen molar-refractivity contribution in [3.05, 3.63) is 95.0 Å². The van der Waals surface area contributed by atoms with Crippen molar-refractivity contribution < 1.29 is 22.7 Å². The molecule has 1 fully saturated rings. The summed E-state index contributed by atoms with van der Waals surface area (Å²) in [4.78, 5) is 17.0. The van der Waals surface area contributed by atoms with Crippen molar-refractivity contribution in [2.45, 2.75) is 0 Å². The third kappa shape index (κ3) is 5.55. The van der Waals surface area contributed by atoms with Crippen molar-refractivity contribution >= 4 is 5.69 Å². The molecular weight excluding hydrogens is 470 g/mol. The molecule has 0 unspecified atom stereocenters. The number of halogens is 2. The van der Waals surface area contributed by atoms with Gasteiger partial charge in [0.05, 0.1) is 5.69 Å². The standard InChI is InChI=1S/C26H24F2N4O4/c27-19-9-10-24(23(28)17-19)35-25-29-32(26(33)36-25)21-7-4-8-22(18-21)34-16-15-30-11-13-31(14-12-30)20-5-2-1-3-6-20/h1-10,17-18H,11-16H2. The number of anilines is 1. The van der Waals surface area contributed by atoms with Crippen LogP contribution in [0.5, 0.6) is 17.6 Å². The van der Waals surface area contributed by atoms with E-state index in [0.717, 1.165) is 49.5 Å². The number of ether oxygens (including phenoxy) is 2. The lowest BCUT2D eigenvalue weighted by atomic mass is 10.2. The predicted molar refractivity (Wildman–Crippen MR) is 129 cm³/mol. The third-order valence-corrected chi connectivity index (χ3v) is 5.85. The number of benzene rings is 3. The summed E-state index contributed by atoms with van der Waals surface area (Å²) in [7, 11) is 0. The van der Waals surface area contributed by atoms with Crippen LogP contribution in [0.3, 0.4) is 0 Å². The summed E-state index contributed by atoms with van der Waals surface area (Å²) in [5.74, 6) is -2.26. The highest BCUT2D eigenvalue weighted by Crippen LogP contribution is 2.24. The number of hydrogen-bond acceptors (Lipinski definition) is 7. The molecule has 1 aliphatic heterocycles. The molecule has 186 valence electrons. The summed E-state index contributed by atoms with van der Waals surface area (Å²) >= 11 is 0. The topological polar surface area (TPSA) is 73.0 Å². The first-order valence-electron chi connectivity index (χ1n) is 11.5. The van der Waals surface area contributed by atoms with Gasteiger partial charge in [-0.05, 0) is 36.4 Å². The molecule has 0 radical (unpaired) electrons. The maximum atomic E-state index is 13.8. The lowest BCUT2D eigenvalue weighted by molar-refractivity contribution is 0.200. The lowest BCUT2D eigenvalue weighted by Gasteiger charge is -2.36. The first-order valence-corrected chi connectivity index (χ1v) is 11.5. The van der Waals surface area contributed by atoms with Gasteiger partial charge in [-0.3, -0.25) is 4.90 Å². The van der Waals surface area contributed by atoms with Crippen LogP contribution in [-0.2, 0) is 0 Å². The van der Waals surface area contributed by atoms with Gasteiger partial charge in [0, 0.05) is 50.5 Å². The van der Waals surface area contributed by atoms with E-state index in [1.807, 2.05) is 6.07 Å². The Morgan fingerprint density at radius 3 is 2.44 bits per heavy atom. The van der Waals surface area contributed by atoms with Crippen molar-refractivity contribution in [3.63, 3.8) is 0 Å². The minimum absolute atomic E-state index is 0.313.